The van der Waals surface area contributed by atoms with Crippen LogP contribution >= 0.6 is 11.6 Å². The van der Waals surface area contributed by atoms with Gasteiger partial charge in [0.2, 0.25) is 0 Å². The Morgan fingerprint density at radius 1 is 1.19 bits per heavy atom. The summed E-state index contributed by atoms with van der Waals surface area (Å²) in [5.41, 5.74) is 0.580. The number of halogens is 1. The van der Waals surface area contributed by atoms with Crippen LogP contribution in [0.5, 0.6) is 5.75 Å². The third-order valence-electron chi connectivity index (χ3n) is 4.88. The number of quaternary nitrogens is 2. The fraction of sp³-hybridized carbons (Fsp3) is 0.579. The molecule has 1 atom stereocenters. The van der Waals surface area contributed by atoms with Crippen molar-refractivity contribution in [3.8, 4) is 5.75 Å². The minimum atomic E-state index is -0.195. The molecule has 0 aromatic heterocycles. The predicted molar refractivity (Wildman–Crippen MR) is 106 cm³/mol. The molecular formula is C19H31ClN4O3+2. The highest BCUT2D eigenvalue weighted by atomic mass is 35.5. The van der Waals surface area contributed by atoms with Crippen LogP contribution in [0.25, 0.3) is 0 Å². The average molecular weight is 399 g/mol. The topological polar surface area (TPSA) is 76.3 Å². The summed E-state index contributed by atoms with van der Waals surface area (Å²) >= 11 is 6.03. The molecule has 0 saturated carbocycles. The smallest absolute Gasteiger partial charge is 0.282 e. The van der Waals surface area contributed by atoms with E-state index in [1.165, 1.54) is 9.80 Å². The lowest BCUT2D eigenvalue weighted by Crippen LogP contribution is -3.30. The van der Waals surface area contributed by atoms with Gasteiger partial charge in [-0.1, -0.05) is 11.6 Å². The number of ether oxygens (including phenoxy) is 1. The molecule has 4 N–H and O–H groups in total. The van der Waals surface area contributed by atoms with E-state index in [2.05, 4.69) is 10.6 Å². The maximum atomic E-state index is 12.7. The summed E-state index contributed by atoms with van der Waals surface area (Å²) in [7, 11) is 1.56. The van der Waals surface area contributed by atoms with Crippen molar-refractivity contribution in [2.75, 3.05) is 45.2 Å². The summed E-state index contributed by atoms with van der Waals surface area (Å²) in [4.78, 5) is 27.1. The van der Waals surface area contributed by atoms with Crippen molar-refractivity contribution in [2.24, 2.45) is 0 Å². The molecule has 2 amide bonds. The van der Waals surface area contributed by atoms with E-state index in [9.17, 15) is 9.59 Å². The highest BCUT2D eigenvalue weighted by molar-refractivity contribution is 6.31. The lowest BCUT2D eigenvalue weighted by atomic mass is 10.2. The number of amides is 2. The monoisotopic (exact) mass is 398 g/mol. The summed E-state index contributed by atoms with van der Waals surface area (Å²) in [6, 6.07) is 5.12. The van der Waals surface area contributed by atoms with Gasteiger partial charge in [-0.25, -0.2) is 0 Å². The number of carbonyl (C=O) groups is 2. The van der Waals surface area contributed by atoms with Crippen LogP contribution in [-0.4, -0.2) is 63.7 Å². The second-order valence-corrected chi connectivity index (χ2v) is 7.80. The van der Waals surface area contributed by atoms with E-state index in [4.69, 9.17) is 16.3 Å². The Kier molecular flexibility index (Phi) is 7.89. The Hall–Kier alpha value is -1.83. The van der Waals surface area contributed by atoms with Crippen LogP contribution < -0.4 is 25.2 Å². The van der Waals surface area contributed by atoms with Gasteiger partial charge < -0.3 is 25.2 Å². The number of rotatable bonds is 7. The van der Waals surface area contributed by atoms with E-state index < -0.39 is 0 Å². The Bertz CT molecular complexity index is 660. The van der Waals surface area contributed by atoms with Crippen molar-refractivity contribution >= 4 is 29.1 Å². The van der Waals surface area contributed by atoms with Crippen LogP contribution in [0.3, 0.4) is 0 Å². The largest absolute Gasteiger partial charge is 0.495 e. The molecule has 0 radical (unpaired) electrons. The molecule has 1 aromatic rings. The Morgan fingerprint density at radius 2 is 1.85 bits per heavy atom. The Labute approximate surface area is 166 Å². The zero-order valence-electron chi connectivity index (χ0n) is 16.5. The molecule has 8 heteroatoms. The number of nitrogens with one attached hydrogen (secondary N) is 4. The number of anilines is 1. The molecule has 7 nitrogen and oxygen atoms in total. The van der Waals surface area contributed by atoms with E-state index >= 15 is 0 Å². The minimum Gasteiger partial charge on any atom is -0.495 e. The quantitative estimate of drug-likeness (QED) is 0.475. The van der Waals surface area contributed by atoms with Gasteiger partial charge in [0.05, 0.1) is 12.8 Å². The normalized spacial score (nSPS) is 20.8. The second kappa shape index (κ2) is 9.92. The Balaban J connectivity index is 1.86. The maximum absolute atomic E-state index is 12.7. The molecule has 150 valence electrons. The maximum Gasteiger partial charge on any atom is 0.282 e. The van der Waals surface area contributed by atoms with Crippen molar-refractivity contribution in [1.29, 1.82) is 0 Å². The lowest BCUT2D eigenvalue weighted by Gasteiger charge is -2.32. The minimum absolute atomic E-state index is 0.0634. The van der Waals surface area contributed by atoms with Gasteiger partial charge in [0.1, 0.15) is 31.9 Å². The highest BCUT2D eigenvalue weighted by Gasteiger charge is 2.32. The SMILES string of the molecule is COc1ccc(Cl)cc1NC(=O)[C@H](C)[NH+]1CC[NH+](CC(=O)NC(C)C)CC1. The van der Waals surface area contributed by atoms with Gasteiger partial charge >= 0.3 is 0 Å². The van der Waals surface area contributed by atoms with Gasteiger partial charge in [-0.15, -0.1) is 0 Å². The number of carbonyl (C=O) groups excluding carboxylic acids is 2. The van der Waals surface area contributed by atoms with Crippen LogP contribution in [0.4, 0.5) is 5.69 Å². The lowest BCUT2D eigenvalue weighted by molar-refractivity contribution is -1.01. The molecule has 1 fully saturated rings. The molecule has 0 aliphatic carbocycles. The standard InChI is InChI=1S/C19H29ClN4O3/c1-13(2)21-18(25)12-23-7-9-24(10-8-23)14(3)19(26)22-16-11-15(20)5-6-17(16)27-4/h5-6,11,13-14H,7-10,12H2,1-4H3,(H,21,25)(H,22,26)/p+2/t14-/m0/s1. The first-order valence-corrected chi connectivity index (χ1v) is 9.79. The molecule has 1 heterocycles. The second-order valence-electron chi connectivity index (χ2n) is 7.36. The summed E-state index contributed by atoms with van der Waals surface area (Å²) < 4.78 is 5.28. The number of piperazine rings is 1. The van der Waals surface area contributed by atoms with Gasteiger partial charge in [0, 0.05) is 11.1 Å². The first kappa shape index (κ1) is 21.5. The molecule has 1 aliphatic heterocycles. The van der Waals surface area contributed by atoms with Gasteiger partial charge in [-0.2, -0.15) is 0 Å². The van der Waals surface area contributed by atoms with Crippen LogP contribution in [-0.2, 0) is 9.59 Å². The average Bonchev–Trinajstić information content (AvgIpc) is 2.61. The van der Waals surface area contributed by atoms with Crippen LogP contribution in [0, 0.1) is 0 Å². The molecule has 1 aromatic carbocycles. The number of methoxy groups -OCH3 is 1. The molecule has 2 rings (SSSR count). The first-order chi connectivity index (χ1) is 12.8. The van der Waals surface area contributed by atoms with Crippen molar-refractivity contribution < 1.29 is 24.1 Å². The van der Waals surface area contributed by atoms with Crippen LogP contribution in [0.2, 0.25) is 5.02 Å². The van der Waals surface area contributed by atoms with Crippen molar-refractivity contribution in [1.82, 2.24) is 5.32 Å². The molecule has 0 unspecified atom stereocenters. The van der Waals surface area contributed by atoms with Crippen molar-refractivity contribution in [3.63, 3.8) is 0 Å². The molecule has 27 heavy (non-hydrogen) atoms. The highest BCUT2D eigenvalue weighted by Crippen LogP contribution is 2.27. The Morgan fingerprint density at radius 3 is 2.44 bits per heavy atom. The zero-order valence-corrected chi connectivity index (χ0v) is 17.3. The van der Waals surface area contributed by atoms with Crippen LogP contribution in [0.1, 0.15) is 20.8 Å². The fourth-order valence-corrected chi connectivity index (χ4v) is 3.51. The molecule has 0 spiro atoms. The zero-order chi connectivity index (χ0) is 20.0. The predicted octanol–water partition coefficient (Wildman–Crippen LogP) is -1.02. The van der Waals surface area contributed by atoms with Gasteiger partial charge in [0.25, 0.3) is 11.8 Å². The van der Waals surface area contributed by atoms with E-state index in [-0.39, 0.29) is 23.9 Å². The van der Waals surface area contributed by atoms with Gasteiger partial charge in [0.15, 0.2) is 12.6 Å². The van der Waals surface area contributed by atoms with Crippen LogP contribution in [0.15, 0.2) is 18.2 Å². The van der Waals surface area contributed by atoms with E-state index in [1.54, 1.807) is 25.3 Å². The van der Waals surface area contributed by atoms with Gasteiger partial charge in [-0.05, 0) is 39.0 Å². The summed E-state index contributed by atoms with van der Waals surface area (Å²) in [5, 5.41) is 6.40. The number of hydrogen-bond acceptors (Lipinski definition) is 3. The van der Waals surface area contributed by atoms with Crippen molar-refractivity contribution in [3.05, 3.63) is 23.2 Å². The number of hydrogen-bond donors (Lipinski definition) is 4. The van der Waals surface area contributed by atoms with E-state index in [0.717, 1.165) is 26.2 Å². The first-order valence-electron chi connectivity index (χ1n) is 9.42. The van der Waals surface area contributed by atoms with Gasteiger partial charge in [-0.3, -0.25) is 9.59 Å². The third-order valence-corrected chi connectivity index (χ3v) is 5.12. The summed E-state index contributed by atoms with van der Waals surface area (Å²) in [6.07, 6.45) is 0. The molecule has 1 saturated heterocycles. The van der Waals surface area contributed by atoms with E-state index in [0.29, 0.717) is 23.0 Å². The molecule has 0 bridgehead atoms. The fourth-order valence-electron chi connectivity index (χ4n) is 3.34. The van der Waals surface area contributed by atoms with E-state index in [1.807, 2.05) is 20.8 Å². The van der Waals surface area contributed by atoms with Crippen molar-refractivity contribution in [2.45, 2.75) is 32.9 Å². The molecule has 1 aliphatic rings. The summed E-state index contributed by atoms with van der Waals surface area (Å²) in [6.45, 7) is 9.80. The molecular weight excluding hydrogens is 368 g/mol. The summed E-state index contributed by atoms with van der Waals surface area (Å²) in [5.74, 6) is 0.606. The third kappa shape index (κ3) is 6.37. The number of benzene rings is 1.